The van der Waals surface area contributed by atoms with Gasteiger partial charge in [-0.1, -0.05) is 60.7 Å². The van der Waals surface area contributed by atoms with E-state index in [2.05, 4.69) is 10.6 Å². The van der Waals surface area contributed by atoms with Crippen LogP contribution in [-0.2, 0) is 0 Å². The molecular formula is C22H25N3O2. The van der Waals surface area contributed by atoms with Crippen LogP contribution in [0.1, 0.15) is 29.0 Å². The fourth-order valence-electron chi connectivity index (χ4n) is 3.04. The SMILES string of the molecule is CN(C)C(CNC(=O)NC(c1ccccc1)c1ccccc1)c1ccco1. The third kappa shape index (κ3) is 4.99. The third-order valence-corrected chi connectivity index (χ3v) is 4.49. The Morgan fingerprint density at radius 2 is 1.52 bits per heavy atom. The minimum Gasteiger partial charge on any atom is -0.468 e. The second-order valence-corrected chi connectivity index (χ2v) is 6.60. The van der Waals surface area contributed by atoms with Crippen LogP contribution in [0.25, 0.3) is 0 Å². The van der Waals surface area contributed by atoms with Crippen LogP contribution in [0.2, 0.25) is 0 Å². The number of urea groups is 1. The van der Waals surface area contributed by atoms with E-state index in [9.17, 15) is 4.79 Å². The highest BCUT2D eigenvalue weighted by atomic mass is 16.3. The van der Waals surface area contributed by atoms with Gasteiger partial charge in [0, 0.05) is 6.54 Å². The van der Waals surface area contributed by atoms with Gasteiger partial charge in [-0.25, -0.2) is 4.79 Å². The summed E-state index contributed by atoms with van der Waals surface area (Å²) >= 11 is 0. The zero-order valence-corrected chi connectivity index (χ0v) is 15.6. The van der Waals surface area contributed by atoms with Gasteiger partial charge in [0.05, 0.1) is 18.3 Å². The highest BCUT2D eigenvalue weighted by Gasteiger charge is 2.20. The van der Waals surface area contributed by atoms with Crippen LogP contribution in [0.4, 0.5) is 4.79 Å². The maximum atomic E-state index is 12.6. The Balaban J connectivity index is 1.69. The third-order valence-electron chi connectivity index (χ3n) is 4.49. The first-order chi connectivity index (χ1) is 13.1. The highest BCUT2D eigenvalue weighted by molar-refractivity contribution is 5.75. The number of hydrogen-bond donors (Lipinski definition) is 2. The van der Waals surface area contributed by atoms with Gasteiger partial charge in [-0.3, -0.25) is 4.90 Å². The predicted molar refractivity (Wildman–Crippen MR) is 106 cm³/mol. The Labute approximate surface area is 160 Å². The van der Waals surface area contributed by atoms with E-state index in [1.165, 1.54) is 0 Å². The fraction of sp³-hybridized carbons (Fsp3) is 0.227. The molecule has 2 amide bonds. The maximum Gasteiger partial charge on any atom is 0.315 e. The van der Waals surface area contributed by atoms with Crippen molar-refractivity contribution in [2.45, 2.75) is 12.1 Å². The van der Waals surface area contributed by atoms with Gasteiger partial charge in [-0.2, -0.15) is 0 Å². The van der Waals surface area contributed by atoms with Gasteiger partial charge in [0.25, 0.3) is 0 Å². The Bertz CT molecular complexity index is 778. The number of hydrogen-bond acceptors (Lipinski definition) is 3. The molecule has 0 aliphatic carbocycles. The molecule has 3 aromatic rings. The largest absolute Gasteiger partial charge is 0.468 e. The van der Waals surface area contributed by atoms with Crippen LogP contribution in [0.15, 0.2) is 83.5 Å². The summed E-state index contributed by atoms with van der Waals surface area (Å²) in [5.74, 6) is 0.822. The molecule has 0 saturated carbocycles. The molecule has 140 valence electrons. The van der Waals surface area contributed by atoms with Gasteiger partial charge in [0.15, 0.2) is 0 Å². The molecule has 2 aromatic carbocycles. The van der Waals surface area contributed by atoms with Gasteiger partial charge in [-0.05, 0) is 37.4 Å². The summed E-state index contributed by atoms with van der Waals surface area (Å²) in [5.41, 5.74) is 2.07. The van der Waals surface area contributed by atoms with Gasteiger partial charge in [-0.15, -0.1) is 0 Å². The molecule has 5 heteroatoms. The number of carbonyl (C=O) groups is 1. The molecular weight excluding hydrogens is 338 g/mol. The maximum absolute atomic E-state index is 12.6. The molecule has 27 heavy (non-hydrogen) atoms. The Morgan fingerprint density at radius 3 is 2.00 bits per heavy atom. The van der Waals surface area contributed by atoms with Crippen molar-refractivity contribution >= 4 is 6.03 Å². The quantitative estimate of drug-likeness (QED) is 0.668. The molecule has 2 N–H and O–H groups in total. The lowest BCUT2D eigenvalue weighted by Crippen LogP contribution is -2.42. The van der Waals surface area contributed by atoms with Crippen molar-refractivity contribution in [3.8, 4) is 0 Å². The number of rotatable bonds is 7. The molecule has 1 aromatic heterocycles. The van der Waals surface area contributed by atoms with Crippen LogP contribution in [-0.4, -0.2) is 31.6 Å². The summed E-state index contributed by atoms with van der Waals surface area (Å²) in [6.45, 7) is 0.447. The van der Waals surface area contributed by atoms with E-state index in [-0.39, 0.29) is 18.1 Å². The molecule has 0 aliphatic rings. The smallest absolute Gasteiger partial charge is 0.315 e. The van der Waals surface area contributed by atoms with Crippen molar-refractivity contribution in [3.05, 3.63) is 95.9 Å². The molecule has 0 fully saturated rings. The number of nitrogens with zero attached hydrogens (tertiary/aromatic N) is 1. The van der Waals surface area contributed by atoms with Crippen LogP contribution in [0.3, 0.4) is 0 Å². The normalized spacial score (nSPS) is 12.1. The first-order valence-corrected chi connectivity index (χ1v) is 8.99. The standard InChI is InChI=1S/C22H25N3O2/c1-25(2)19(20-14-9-15-27-20)16-23-22(26)24-21(17-10-5-3-6-11-17)18-12-7-4-8-13-18/h3-15,19,21H,16H2,1-2H3,(H2,23,24,26). The summed E-state index contributed by atoms with van der Waals surface area (Å²) in [4.78, 5) is 14.6. The first-order valence-electron chi connectivity index (χ1n) is 8.99. The monoisotopic (exact) mass is 363 g/mol. The van der Waals surface area contributed by atoms with Crippen molar-refractivity contribution < 1.29 is 9.21 Å². The van der Waals surface area contributed by atoms with E-state index in [4.69, 9.17) is 4.42 Å². The topological polar surface area (TPSA) is 57.5 Å². The lowest BCUT2D eigenvalue weighted by molar-refractivity contribution is 0.223. The summed E-state index contributed by atoms with van der Waals surface area (Å²) < 4.78 is 5.50. The zero-order chi connectivity index (χ0) is 19.1. The van der Waals surface area contributed by atoms with E-state index in [0.29, 0.717) is 6.54 Å². The van der Waals surface area contributed by atoms with Gasteiger partial charge in [0.1, 0.15) is 5.76 Å². The molecule has 0 radical (unpaired) electrons. The van der Waals surface area contributed by atoms with Crippen LogP contribution in [0.5, 0.6) is 0 Å². The Kier molecular flexibility index (Phi) is 6.28. The number of furan rings is 1. The number of amides is 2. The molecule has 5 nitrogen and oxygen atoms in total. The van der Waals surface area contributed by atoms with Crippen LogP contribution < -0.4 is 10.6 Å². The summed E-state index contributed by atoms with van der Waals surface area (Å²) in [7, 11) is 3.92. The highest BCUT2D eigenvalue weighted by Crippen LogP contribution is 2.22. The van der Waals surface area contributed by atoms with E-state index < -0.39 is 0 Å². The van der Waals surface area contributed by atoms with Crippen molar-refractivity contribution in [2.75, 3.05) is 20.6 Å². The number of benzene rings is 2. The van der Waals surface area contributed by atoms with Gasteiger partial charge < -0.3 is 15.1 Å². The van der Waals surface area contributed by atoms with Gasteiger partial charge in [0.2, 0.25) is 0 Å². The first kappa shape index (κ1) is 18.7. The lowest BCUT2D eigenvalue weighted by Gasteiger charge is -2.24. The number of likely N-dealkylation sites (N-methyl/N-ethyl adjacent to an activating group) is 1. The van der Waals surface area contributed by atoms with E-state index in [1.54, 1.807) is 6.26 Å². The molecule has 1 heterocycles. The Hall–Kier alpha value is -3.05. The predicted octanol–water partition coefficient (Wildman–Crippen LogP) is 3.97. The van der Waals surface area contributed by atoms with E-state index >= 15 is 0 Å². The Morgan fingerprint density at radius 1 is 0.926 bits per heavy atom. The fourth-order valence-corrected chi connectivity index (χ4v) is 3.04. The van der Waals surface area contributed by atoms with E-state index in [1.807, 2.05) is 91.8 Å². The van der Waals surface area contributed by atoms with E-state index in [0.717, 1.165) is 16.9 Å². The average molecular weight is 363 g/mol. The van der Waals surface area contributed by atoms with Crippen molar-refractivity contribution in [3.63, 3.8) is 0 Å². The number of nitrogens with one attached hydrogen (secondary N) is 2. The second-order valence-electron chi connectivity index (χ2n) is 6.60. The molecule has 3 rings (SSSR count). The minimum atomic E-state index is -0.217. The zero-order valence-electron chi connectivity index (χ0n) is 15.6. The molecule has 1 atom stereocenters. The average Bonchev–Trinajstić information content (AvgIpc) is 3.22. The van der Waals surface area contributed by atoms with Crippen LogP contribution in [0, 0.1) is 0 Å². The molecule has 1 unspecified atom stereocenters. The van der Waals surface area contributed by atoms with Crippen molar-refractivity contribution in [1.82, 2.24) is 15.5 Å². The van der Waals surface area contributed by atoms with Crippen LogP contribution >= 0.6 is 0 Å². The van der Waals surface area contributed by atoms with Crippen molar-refractivity contribution in [2.24, 2.45) is 0 Å². The summed E-state index contributed by atoms with van der Waals surface area (Å²) in [5, 5.41) is 6.06. The number of carbonyl (C=O) groups excluding carboxylic acids is 1. The minimum absolute atomic E-state index is 0.0300. The van der Waals surface area contributed by atoms with Crippen molar-refractivity contribution in [1.29, 1.82) is 0 Å². The van der Waals surface area contributed by atoms with Gasteiger partial charge >= 0.3 is 6.03 Å². The second kappa shape index (κ2) is 9.05. The summed E-state index contributed by atoms with van der Waals surface area (Å²) in [6, 6.07) is 23.2. The molecule has 0 saturated heterocycles. The molecule has 0 aliphatic heterocycles. The summed E-state index contributed by atoms with van der Waals surface area (Å²) in [6.07, 6.45) is 1.65. The molecule has 0 spiro atoms. The lowest BCUT2D eigenvalue weighted by atomic mass is 9.99. The molecule has 0 bridgehead atoms.